The van der Waals surface area contributed by atoms with Gasteiger partial charge >= 0.3 is 18.9 Å². The van der Waals surface area contributed by atoms with Crippen molar-refractivity contribution < 1.29 is 28.0 Å². The average molecular weight is 132 g/mol. The van der Waals surface area contributed by atoms with Crippen molar-refractivity contribution >= 4 is 0 Å². The zero-order valence-electron chi connectivity index (χ0n) is 6.02. The van der Waals surface area contributed by atoms with Crippen LogP contribution < -0.4 is 23.6 Å². The van der Waals surface area contributed by atoms with Crippen LogP contribution in [0.1, 0.15) is 0 Å². The van der Waals surface area contributed by atoms with E-state index in [-0.39, 0.29) is 30.4 Å². The van der Waals surface area contributed by atoms with Crippen LogP contribution in [0.15, 0.2) is 18.2 Å². The van der Waals surface area contributed by atoms with E-state index in [2.05, 4.69) is 10.8 Å². The molecule has 0 saturated heterocycles. The molecule has 0 aliphatic rings. The van der Waals surface area contributed by atoms with Crippen molar-refractivity contribution in [2.45, 2.75) is 0 Å². The fourth-order valence-electron chi connectivity index (χ4n) is 0.557. The number of hydrogen-bond donors (Lipinski definition) is 0. The Morgan fingerprint density at radius 3 is 2.70 bits per heavy atom. The van der Waals surface area contributed by atoms with E-state index in [0.717, 1.165) is 0 Å². The van der Waals surface area contributed by atoms with Gasteiger partial charge in [-0.2, -0.15) is 12.1 Å². The van der Waals surface area contributed by atoms with Crippen LogP contribution in [0.25, 0.3) is 0 Å². The number of rotatable bonds is 1. The van der Waals surface area contributed by atoms with Gasteiger partial charge in [0, 0.05) is 11.6 Å². The molecule has 0 heterocycles. The molecule has 1 aromatic carbocycles. The molecule has 0 aliphatic carbocycles. The summed E-state index contributed by atoms with van der Waals surface area (Å²) in [5.41, 5.74) is 0. The van der Waals surface area contributed by atoms with Crippen LogP contribution in [0.4, 0.5) is 4.39 Å². The molecule has 0 aromatic heterocycles. The van der Waals surface area contributed by atoms with Gasteiger partial charge in [-0.25, -0.2) is 0 Å². The molecule has 0 bridgehead atoms. The smallest absolute Gasteiger partial charge is 0.520 e. The van der Waals surface area contributed by atoms with Crippen LogP contribution in [0.3, 0.4) is 0 Å². The summed E-state index contributed by atoms with van der Waals surface area (Å²) in [4.78, 5) is 0. The summed E-state index contributed by atoms with van der Waals surface area (Å²) < 4.78 is 17.0. The molecular formula is C7H6FLiO. The number of ether oxygens (including phenoxy) is 1. The topological polar surface area (TPSA) is 9.23 Å². The summed E-state index contributed by atoms with van der Waals surface area (Å²) in [5, 5.41) is 0. The molecule has 48 valence electrons. The fraction of sp³-hybridized carbons (Fsp3) is 0.143. The molecule has 0 saturated carbocycles. The van der Waals surface area contributed by atoms with Crippen LogP contribution in [-0.2, 0) is 0 Å². The molecule has 0 spiro atoms. The van der Waals surface area contributed by atoms with Crippen molar-refractivity contribution in [1.29, 1.82) is 0 Å². The summed E-state index contributed by atoms with van der Waals surface area (Å²) in [6.45, 7) is 0. The minimum absolute atomic E-state index is 0. The molecule has 1 aromatic rings. The quantitative estimate of drug-likeness (QED) is 0.338. The van der Waals surface area contributed by atoms with Crippen molar-refractivity contribution in [1.82, 2.24) is 0 Å². The first-order chi connectivity index (χ1) is 4.34. The Bertz CT molecular complexity index is 203. The van der Waals surface area contributed by atoms with Crippen LogP contribution in [-0.4, -0.2) is 7.11 Å². The number of benzene rings is 1. The van der Waals surface area contributed by atoms with Gasteiger partial charge in [0.25, 0.3) is 0 Å². The van der Waals surface area contributed by atoms with Crippen LogP contribution in [0.2, 0.25) is 0 Å². The standard InChI is InChI=1S/C7H6FO.Li/c1-9-7-5-3-2-4-6(7)8;/h2-4H,1H3;/q-1;+1. The zero-order chi connectivity index (χ0) is 6.69. The van der Waals surface area contributed by atoms with Gasteiger partial charge in [-0.15, -0.1) is 12.1 Å². The third kappa shape index (κ3) is 2.06. The van der Waals surface area contributed by atoms with Crippen molar-refractivity contribution in [3.63, 3.8) is 0 Å². The van der Waals surface area contributed by atoms with Gasteiger partial charge in [0.15, 0.2) is 0 Å². The molecule has 0 amide bonds. The molecule has 1 rings (SSSR count). The molecule has 0 unspecified atom stereocenters. The van der Waals surface area contributed by atoms with Crippen molar-refractivity contribution in [3.05, 3.63) is 30.1 Å². The first kappa shape index (κ1) is 9.55. The monoisotopic (exact) mass is 132 g/mol. The Hall–Kier alpha value is -0.453. The average Bonchev–Trinajstić information content (AvgIpc) is 1.89. The number of methoxy groups -OCH3 is 1. The second kappa shape index (κ2) is 4.38. The molecular weight excluding hydrogens is 126 g/mol. The first-order valence-electron chi connectivity index (χ1n) is 2.55. The van der Waals surface area contributed by atoms with Crippen molar-refractivity contribution in [3.8, 4) is 5.75 Å². The SMILES string of the molecule is COc1[c-]cccc1F.[Li+]. The second-order valence-corrected chi connectivity index (χ2v) is 1.55. The third-order valence-electron chi connectivity index (χ3n) is 0.974. The molecule has 0 aliphatic heterocycles. The fourth-order valence-corrected chi connectivity index (χ4v) is 0.557. The van der Waals surface area contributed by atoms with Crippen LogP contribution in [0, 0.1) is 11.9 Å². The van der Waals surface area contributed by atoms with Gasteiger partial charge < -0.3 is 4.74 Å². The summed E-state index contributed by atoms with van der Waals surface area (Å²) in [5.74, 6) is -0.211. The van der Waals surface area contributed by atoms with Crippen LogP contribution >= 0.6 is 0 Å². The Kier molecular flexibility index (Phi) is 4.18. The van der Waals surface area contributed by atoms with Crippen molar-refractivity contribution in [2.75, 3.05) is 7.11 Å². The van der Waals surface area contributed by atoms with Crippen LogP contribution in [0.5, 0.6) is 5.75 Å². The van der Waals surface area contributed by atoms with E-state index < -0.39 is 0 Å². The second-order valence-electron chi connectivity index (χ2n) is 1.55. The maximum Gasteiger partial charge on any atom is 1.00 e. The van der Waals surface area contributed by atoms with Gasteiger partial charge in [-0.1, -0.05) is 0 Å². The van der Waals surface area contributed by atoms with E-state index in [9.17, 15) is 4.39 Å². The summed E-state index contributed by atoms with van der Waals surface area (Å²) >= 11 is 0. The van der Waals surface area contributed by atoms with Gasteiger partial charge in [-0.05, 0) is 0 Å². The molecule has 0 fully saturated rings. The Labute approximate surface area is 71.4 Å². The van der Waals surface area contributed by atoms with E-state index in [1.807, 2.05) is 0 Å². The van der Waals surface area contributed by atoms with Crippen molar-refractivity contribution in [2.24, 2.45) is 0 Å². The molecule has 10 heavy (non-hydrogen) atoms. The zero-order valence-corrected chi connectivity index (χ0v) is 6.02. The molecule has 0 N–H and O–H groups in total. The number of para-hydroxylation sites is 1. The maximum absolute atomic E-state index is 12.4. The summed E-state index contributed by atoms with van der Waals surface area (Å²) in [6.07, 6.45) is 0. The van der Waals surface area contributed by atoms with E-state index in [4.69, 9.17) is 0 Å². The van der Waals surface area contributed by atoms with Gasteiger partial charge in [0.1, 0.15) is 0 Å². The predicted octanol–water partition coefficient (Wildman–Crippen LogP) is -1.36. The van der Waals surface area contributed by atoms with Gasteiger partial charge in [0.05, 0.1) is 7.11 Å². The summed E-state index contributed by atoms with van der Waals surface area (Å²) in [7, 11) is 1.41. The number of hydrogen-bond acceptors (Lipinski definition) is 1. The molecule has 3 heteroatoms. The molecule has 1 nitrogen and oxygen atoms in total. The largest absolute Gasteiger partial charge is 1.00 e. The maximum atomic E-state index is 12.4. The minimum Gasteiger partial charge on any atom is -0.520 e. The van der Waals surface area contributed by atoms with E-state index in [1.165, 1.54) is 13.2 Å². The van der Waals surface area contributed by atoms with E-state index in [0.29, 0.717) is 0 Å². The normalized spacial score (nSPS) is 8.20. The Morgan fingerprint density at radius 1 is 1.60 bits per heavy atom. The van der Waals surface area contributed by atoms with Gasteiger partial charge in [0.2, 0.25) is 0 Å². The third-order valence-corrected chi connectivity index (χ3v) is 0.974. The first-order valence-corrected chi connectivity index (χ1v) is 2.55. The van der Waals surface area contributed by atoms with Gasteiger partial charge in [-0.3, -0.25) is 4.39 Å². The Balaban J connectivity index is 0.000000810. The summed E-state index contributed by atoms with van der Waals surface area (Å²) in [6, 6.07) is 7.08. The predicted molar refractivity (Wildman–Crippen MR) is 31.8 cm³/mol. The Morgan fingerprint density at radius 2 is 2.30 bits per heavy atom. The molecule has 0 radical (unpaired) electrons. The molecule has 0 atom stereocenters. The number of halogens is 1. The minimum atomic E-state index is -0.375. The van der Waals surface area contributed by atoms with E-state index >= 15 is 0 Å². The van der Waals surface area contributed by atoms with E-state index in [1.54, 1.807) is 12.1 Å².